The van der Waals surface area contributed by atoms with Crippen LogP contribution in [0.5, 0.6) is 0 Å². The molecule has 1 heterocycles. The van der Waals surface area contributed by atoms with Crippen molar-refractivity contribution in [3.8, 4) is 0 Å². The highest BCUT2D eigenvalue weighted by molar-refractivity contribution is 5.94. The van der Waals surface area contributed by atoms with Gasteiger partial charge in [0.1, 0.15) is 0 Å². The van der Waals surface area contributed by atoms with E-state index in [1.165, 1.54) is 0 Å². The van der Waals surface area contributed by atoms with Gasteiger partial charge >= 0.3 is 0 Å². The maximum Gasteiger partial charge on any atom is 0.176 e. The number of aromatic nitrogens is 1. The topological polar surface area (TPSA) is 30.0 Å². The Bertz CT molecular complexity index is 365. The van der Waals surface area contributed by atoms with Crippen molar-refractivity contribution >= 4 is 5.78 Å². The van der Waals surface area contributed by atoms with Crippen molar-refractivity contribution in [3.05, 3.63) is 54.4 Å². The lowest BCUT2D eigenvalue weighted by Gasteiger charge is -2.09. The minimum absolute atomic E-state index is 0.0267. The Hall–Kier alpha value is -1.70. The van der Waals surface area contributed by atoms with Crippen LogP contribution in [0.15, 0.2) is 42.6 Å². The molecule has 1 unspecified atom stereocenters. The van der Waals surface area contributed by atoms with Crippen LogP contribution in [0.25, 0.3) is 0 Å². The molecular weight excluding hydrogens is 162 g/mol. The first-order chi connectivity index (χ1) is 6.38. The van der Waals surface area contributed by atoms with E-state index < -0.39 is 0 Å². The minimum Gasteiger partial charge on any atom is -0.293 e. The van der Waals surface area contributed by atoms with Crippen molar-refractivity contribution in [3.63, 3.8) is 0 Å². The highest BCUT2D eigenvalue weighted by Gasteiger charge is 2.17. The molecule has 0 saturated carbocycles. The lowest BCUT2D eigenvalue weighted by Crippen LogP contribution is -2.11. The fourth-order valence-corrected chi connectivity index (χ4v) is 1.27. The number of ketones is 1. The molecule has 1 radical (unpaired) electrons. The van der Waals surface area contributed by atoms with Crippen LogP contribution in [-0.2, 0) is 4.79 Å². The van der Waals surface area contributed by atoms with E-state index in [2.05, 4.69) is 11.1 Å². The minimum atomic E-state index is -0.244. The van der Waals surface area contributed by atoms with Crippen molar-refractivity contribution in [2.24, 2.45) is 0 Å². The third-order valence-corrected chi connectivity index (χ3v) is 1.91. The highest BCUT2D eigenvalue weighted by Crippen LogP contribution is 2.18. The summed E-state index contributed by atoms with van der Waals surface area (Å²) in [6, 6.07) is 5.56. The molecule has 2 nitrogen and oxygen atoms in total. The molecule has 0 aliphatic heterocycles. The number of carbonyl (C=O) groups is 1. The maximum atomic E-state index is 11.4. The maximum absolute atomic E-state index is 11.4. The predicted molar refractivity (Wildman–Crippen MR) is 48.9 cm³/mol. The van der Waals surface area contributed by atoms with Gasteiger partial charge in [0.2, 0.25) is 0 Å². The lowest BCUT2D eigenvalue weighted by atomic mass is 9.95. The second-order valence-corrected chi connectivity index (χ2v) is 2.79. The van der Waals surface area contributed by atoms with Gasteiger partial charge in [-0.3, -0.25) is 9.78 Å². The van der Waals surface area contributed by atoms with Crippen LogP contribution in [0.2, 0.25) is 0 Å². The number of hydrogen-bond donors (Lipinski definition) is 0. The molecule has 1 aliphatic rings. The molecule has 0 fully saturated rings. The standard InChI is InChI=1S/C11H8NO/c13-11-7-2-1-5-9(11)10-6-3-4-8-12-10/h1-6,8-9H. The molecule has 1 atom stereocenters. The van der Waals surface area contributed by atoms with Gasteiger partial charge in [-0.2, -0.15) is 0 Å². The fourth-order valence-electron chi connectivity index (χ4n) is 1.27. The largest absolute Gasteiger partial charge is 0.293 e. The summed E-state index contributed by atoms with van der Waals surface area (Å²) in [4.78, 5) is 15.5. The number of nitrogens with zero attached hydrogens (tertiary/aromatic N) is 1. The third kappa shape index (κ3) is 1.56. The van der Waals surface area contributed by atoms with Gasteiger partial charge < -0.3 is 0 Å². The molecule has 0 saturated heterocycles. The van der Waals surface area contributed by atoms with Crippen LogP contribution in [-0.4, -0.2) is 10.8 Å². The normalized spacial score (nSPS) is 20.6. The second kappa shape index (κ2) is 3.35. The molecule has 63 valence electrons. The molecule has 1 aliphatic carbocycles. The third-order valence-electron chi connectivity index (χ3n) is 1.91. The molecule has 0 amide bonds. The van der Waals surface area contributed by atoms with E-state index in [0.29, 0.717) is 0 Å². The Balaban J connectivity index is 2.32. The molecule has 0 spiro atoms. The van der Waals surface area contributed by atoms with Gasteiger partial charge in [-0.15, -0.1) is 0 Å². The number of rotatable bonds is 1. The van der Waals surface area contributed by atoms with Crippen molar-refractivity contribution in [1.82, 2.24) is 4.98 Å². The number of Topliss-reactive ketones (excluding diaryl/α,β-unsaturated/α-hetero) is 1. The summed E-state index contributed by atoms with van der Waals surface area (Å²) < 4.78 is 0. The highest BCUT2D eigenvalue weighted by atomic mass is 16.1. The van der Waals surface area contributed by atoms with E-state index in [-0.39, 0.29) is 11.7 Å². The molecule has 1 aromatic heterocycles. The van der Waals surface area contributed by atoms with Crippen molar-refractivity contribution in [2.45, 2.75) is 5.92 Å². The first kappa shape index (κ1) is 7.92. The van der Waals surface area contributed by atoms with Crippen LogP contribution < -0.4 is 0 Å². The zero-order valence-electron chi connectivity index (χ0n) is 6.97. The Kier molecular flexibility index (Phi) is 2.04. The molecule has 0 bridgehead atoms. The van der Waals surface area contributed by atoms with Crippen molar-refractivity contribution in [2.75, 3.05) is 0 Å². The summed E-state index contributed by atoms with van der Waals surface area (Å²) in [5.41, 5.74) is 0.782. The first-order valence-electron chi connectivity index (χ1n) is 4.09. The van der Waals surface area contributed by atoms with Gasteiger partial charge in [0, 0.05) is 12.3 Å². The summed E-state index contributed by atoms with van der Waals surface area (Å²) >= 11 is 0. The summed E-state index contributed by atoms with van der Waals surface area (Å²) in [5.74, 6) is -0.271. The molecule has 2 rings (SSSR count). The second-order valence-electron chi connectivity index (χ2n) is 2.79. The number of allylic oxidation sites excluding steroid dienone is 4. The van der Waals surface area contributed by atoms with Crippen LogP contribution in [0.4, 0.5) is 0 Å². The van der Waals surface area contributed by atoms with Crippen LogP contribution in [0.1, 0.15) is 11.6 Å². The van der Waals surface area contributed by atoms with Gasteiger partial charge in [-0.05, 0) is 12.1 Å². The van der Waals surface area contributed by atoms with Gasteiger partial charge in [-0.1, -0.05) is 24.3 Å². The smallest absolute Gasteiger partial charge is 0.176 e. The zero-order valence-corrected chi connectivity index (χ0v) is 6.97. The SMILES string of the molecule is O=C1[C]=CC=CC1c1ccccn1. The zero-order chi connectivity index (χ0) is 9.10. The van der Waals surface area contributed by atoms with Gasteiger partial charge in [0.25, 0.3) is 0 Å². The molecule has 2 heteroatoms. The number of carbonyl (C=O) groups excluding carboxylic acids is 1. The Labute approximate surface area is 76.6 Å². The molecule has 13 heavy (non-hydrogen) atoms. The summed E-state index contributed by atoms with van der Waals surface area (Å²) in [7, 11) is 0. The van der Waals surface area contributed by atoms with Gasteiger partial charge in [0.15, 0.2) is 5.78 Å². The molecular formula is C11H8NO. The van der Waals surface area contributed by atoms with E-state index in [1.54, 1.807) is 12.3 Å². The van der Waals surface area contributed by atoms with Crippen LogP contribution in [0.3, 0.4) is 0 Å². The lowest BCUT2D eigenvalue weighted by molar-refractivity contribution is -0.115. The average molecular weight is 170 g/mol. The molecule has 1 aromatic rings. The van der Waals surface area contributed by atoms with Crippen molar-refractivity contribution < 1.29 is 4.79 Å². The molecule has 0 aromatic carbocycles. The van der Waals surface area contributed by atoms with E-state index in [9.17, 15) is 4.79 Å². The van der Waals surface area contributed by atoms with Crippen molar-refractivity contribution in [1.29, 1.82) is 0 Å². The predicted octanol–water partition coefficient (Wildman–Crippen LogP) is 1.66. The van der Waals surface area contributed by atoms with Crippen LogP contribution >= 0.6 is 0 Å². The molecule has 0 N–H and O–H groups in total. The Morgan fingerprint density at radius 2 is 2.31 bits per heavy atom. The van der Waals surface area contributed by atoms with E-state index in [1.807, 2.05) is 30.4 Å². The van der Waals surface area contributed by atoms with E-state index >= 15 is 0 Å². The average Bonchev–Trinajstić information content (AvgIpc) is 2.20. The van der Waals surface area contributed by atoms with Gasteiger partial charge in [-0.25, -0.2) is 0 Å². The number of pyridine rings is 1. The Morgan fingerprint density at radius 3 is 3.00 bits per heavy atom. The summed E-state index contributed by atoms with van der Waals surface area (Å²) in [6.07, 6.45) is 9.61. The van der Waals surface area contributed by atoms with Crippen LogP contribution in [0, 0.1) is 6.08 Å². The first-order valence-corrected chi connectivity index (χ1v) is 4.09. The number of hydrogen-bond acceptors (Lipinski definition) is 2. The fraction of sp³-hybridized carbons (Fsp3) is 0.0909. The monoisotopic (exact) mass is 170 g/mol. The van der Waals surface area contributed by atoms with E-state index in [4.69, 9.17) is 0 Å². The van der Waals surface area contributed by atoms with E-state index in [0.717, 1.165) is 5.69 Å². The quantitative estimate of drug-likeness (QED) is 0.641. The van der Waals surface area contributed by atoms with Gasteiger partial charge in [0.05, 0.1) is 11.6 Å². The Morgan fingerprint density at radius 1 is 1.38 bits per heavy atom. The summed E-state index contributed by atoms with van der Waals surface area (Å²) in [5, 5.41) is 0. The summed E-state index contributed by atoms with van der Waals surface area (Å²) in [6.45, 7) is 0.